The van der Waals surface area contributed by atoms with Crippen molar-refractivity contribution in [3.8, 4) is 5.88 Å². The van der Waals surface area contributed by atoms with Crippen LogP contribution in [-0.4, -0.2) is 22.7 Å². The first kappa shape index (κ1) is 10.4. The molecular formula is C8H7F2NO3. The maximum absolute atomic E-state index is 11.7. The van der Waals surface area contributed by atoms with Crippen LogP contribution in [-0.2, 0) is 11.2 Å². The molecule has 0 fully saturated rings. The number of carboxylic acid groups (broad SMARTS) is 1. The van der Waals surface area contributed by atoms with Gasteiger partial charge in [-0.1, -0.05) is 6.07 Å². The standard InChI is InChI=1S/C8H7F2NO3/c9-8(10)14-6-3-1-2-5(11-6)4-7(12)13/h1-3,8H,4H2,(H,12,13). The summed E-state index contributed by atoms with van der Waals surface area (Å²) in [5.74, 6) is -1.36. The van der Waals surface area contributed by atoms with Crippen molar-refractivity contribution in [3.63, 3.8) is 0 Å². The molecule has 4 nitrogen and oxygen atoms in total. The Kier molecular flexibility index (Phi) is 3.33. The van der Waals surface area contributed by atoms with Crippen molar-refractivity contribution in [1.29, 1.82) is 0 Å². The molecule has 0 atom stereocenters. The monoisotopic (exact) mass is 203 g/mol. The van der Waals surface area contributed by atoms with Gasteiger partial charge in [0, 0.05) is 6.07 Å². The molecular weight excluding hydrogens is 196 g/mol. The highest BCUT2D eigenvalue weighted by atomic mass is 19.3. The van der Waals surface area contributed by atoms with Crippen molar-refractivity contribution in [2.24, 2.45) is 0 Å². The van der Waals surface area contributed by atoms with Crippen molar-refractivity contribution in [1.82, 2.24) is 4.98 Å². The Morgan fingerprint density at radius 2 is 2.29 bits per heavy atom. The van der Waals surface area contributed by atoms with Crippen LogP contribution in [0.25, 0.3) is 0 Å². The summed E-state index contributed by atoms with van der Waals surface area (Å²) in [5.41, 5.74) is 0.177. The predicted molar refractivity (Wildman–Crippen MR) is 42.2 cm³/mol. The van der Waals surface area contributed by atoms with E-state index < -0.39 is 12.6 Å². The molecule has 76 valence electrons. The number of carboxylic acids is 1. The molecule has 1 heterocycles. The van der Waals surface area contributed by atoms with Gasteiger partial charge in [0.2, 0.25) is 5.88 Å². The first-order valence-electron chi connectivity index (χ1n) is 3.70. The molecule has 0 saturated heterocycles. The largest absolute Gasteiger partial charge is 0.481 e. The number of carbonyl (C=O) groups is 1. The van der Waals surface area contributed by atoms with Crippen molar-refractivity contribution < 1.29 is 23.4 Å². The molecule has 6 heteroatoms. The maximum Gasteiger partial charge on any atom is 0.388 e. The highest BCUT2D eigenvalue weighted by Crippen LogP contribution is 2.11. The van der Waals surface area contributed by atoms with Gasteiger partial charge in [0.15, 0.2) is 0 Å². The highest BCUT2D eigenvalue weighted by molar-refractivity contribution is 5.69. The van der Waals surface area contributed by atoms with Gasteiger partial charge < -0.3 is 9.84 Å². The number of alkyl halides is 2. The van der Waals surface area contributed by atoms with E-state index in [1.165, 1.54) is 18.2 Å². The second-order valence-corrected chi connectivity index (χ2v) is 2.42. The Hall–Kier alpha value is -1.72. The first-order chi connectivity index (χ1) is 6.58. The molecule has 0 unspecified atom stereocenters. The number of ether oxygens (including phenoxy) is 1. The van der Waals surface area contributed by atoms with Gasteiger partial charge in [-0.2, -0.15) is 8.78 Å². The molecule has 0 saturated carbocycles. The number of halogens is 2. The Balaban J connectivity index is 2.73. The van der Waals surface area contributed by atoms with E-state index in [-0.39, 0.29) is 18.0 Å². The minimum Gasteiger partial charge on any atom is -0.481 e. The van der Waals surface area contributed by atoms with Crippen LogP contribution >= 0.6 is 0 Å². The van der Waals surface area contributed by atoms with Gasteiger partial charge in [-0.15, -0.1) is 0 Å². The average Bonchev–Trinajstić information content (AvgIpc) is 2.01. The van der Waals surface area contributed by atoms with Gasteiger partial charge >= 0.3 is 12.6 Å². The molecule has 1 aromatic heterocycles. The third-order valence-corrected chi connectivity index (χ3v) is 1.32. The second kappa shape index (κ2) is 4.50. The quantitative estimate of drug-likeness (QED) is 0.801. The fourth-order valence-electron chi connectivity index (χ4n) is 0.868. The molecule has 0 aliphatic rings. The number of aromatic nitrogens is 1. The van der Waals surface area contributed by atoms with Crippen LogP contribution in [0.5, 0.6) is 5.88 Å². The van der Waals surface area contributed by atoms with Crippen molar-refractivity contribution in [2.75, 3.05) is 0 Å². The molecule has 0 bridgehead atoms. The minimum absolute atomic E-state index is 0.177. The normalized spacial score (nSPS) is 10.2. The maximum atomic E-state index is 11.7. The molecule has 14 heavy (non-hydrogen) atoms. The van der Waals surface area contributed by atoms with Crippen LogP contribution in [0.3, 0.4) is 0 Å². The summed E-state index contributed by atoms with van der Waals surface area (Å²) in [7, 11) is 0. The molecule has 0 aliphatic carbocycles. The van der Waals surface area contributed by atoms with Gasteiger partial charge in [0.1, 0.15) is 0 Å². The van der Waals surface area contributed by atoms with Crippen molar-refractivity contribution in [2.45, 2.75) is 13.0 Å². The minimum atomic E-state index is -2.96. The fraction of sp³-hybridized carbons (Fsp3) is 0.250. The van der Waals surface area contributed by atoms with E-state index in [0.29, 0.717) is 0 Å². The predicted octanol–water partition coefficient (Wildman–Crippen LogP) is 1.31. The van der Waals surface area contributed by atoms with Crippen molar-refractivity contribution >= 4 is 5.97 Å². The highest BCUT2D eigenvalue weighted by Gasteiger charge is 2.07. The SMILES string of the molecule is O=C(O)Cc1cccc(OC(F)F)n1. The molecule has 0 aromatic carbocycles. The van der Waals surface area contributed by atoms with Gasteiger partial charge in [-0.05, 0) is 6.07 Å². The summed E-state index contributed by atoms with van der Waals surface area (Å²) in [6.45, 7) is -2.96. The van der Waals surface area contributed by atoms with Crippen LogP contribution in [0.15, 0.2) is 18.2 Å². The third-order valence-electron chi connectivity index (χ3n) is 1.32. The van der Waals surface area contributed by atoms with Gasteiger partial charge in [-0.25, -0.2) is 4.98 Å². The lowest BCUT2D eigenvalue weighted by atomic mass is 10.3. The van der Waals surface area contributed by atoms with Crippen LogP contribution in [0.2, 0.25) is 0 Å². The number of hydrogen-bond acceptors (Lipinski definition) is 3. The summed E-state index contributed by atoms with van der Waals surface area (Å²) >= 11 is 0. The number of aliphatic carboxylic acids is 1. The third kappa shape index (κ3) is 3.34. The molecule has 0 spiro atoms. The lowest BCUT2D eigenvalue weighted by Gasteiger charge is -2.03. The van der Waals surface area contributed by atoms with E-state index in [4.69, 9.17) is 5.11 Å². The zero-order valence-electron chi connectivity index (χ0n) is 6.98. The smallest absolute Gasteiger partial charge is 0.388 e. The molecule has 0 radical (unpaired) electrons. The van der Waals surface area contributed by atoms with E-state index in [9.17, 15) is 13.6 Å². The second-order valence-electron chi connectivity index (χ2n) is 2.42. The summed E-state index contributed by atoms with van der Waals surface area (Å²) < 4.78 is 27.5. The Labute approximate surface area is 78.1 Å². The van der Waals surface area contributed by atoms with Crippen molar-refractivity contribution in [3.05, 3.63) is 23.9 Å². The van der Waals surface area contributed by atoms with E-state index >= 15 is 0 Å². The zero-order chi connectivity index (χ0) is 10.6. The Morgan fingerprint density at radius 1 is 1.57 bits per heavy atom. The fourth-order valence-corrected chi connectivity index (χ4v) is 0.868. The molecule has 1 rings (SSSR count). The number of hydrogen-bond donors (Lipinski definition) is 1. The number of pyridine rings is 1. The van der Waals surface area contributed by atoms with E-state index in [2.05, 4.69) is 9.72 Å². The Morgan fingerprint density at radius 3 is 2.86 bits per heavy atom. The lowest BCUT2D eigenvalue weighted by Crippen LogP contribution is -2.06. The topological polar surface area (TPSA) is 59.4 Å². The lowest BCUT2D eigenvalue weighted by molar-refractivity contribution is -0.136. The molecule has 0 amide bonds. The molecule has 1 aromatic rings. The summed E-state index contributed by atoms with van der Waals surface area (Å²) in [4.78, 5) is 13.8. The van der Waals surface area contributed by atoms with E-state index in [1.807, 2.05) is 0 Å². The summed E-state index contributed by atoms with van der Waals surface area (Å²) in [6, 6.07) is 4.06. The molecule has 1 N–H and O–H groups in total. The van der Waals surface area contributed by atoms with E-state index in [1.54, 1.807) is 0 Å². The molecule has 0 aliphatic heterocycles. The van der Waals surface area contributed by atoms with Crippen LogP contribution in [0, 0.1) is 0 Å². The average molecular weight is 203 g/mol. The first-order valence-corrected chi connectivity index (χ1v) is 3.70. The van der Waals surface area contributed by atoms with Gasteiger partial charge in [0.25, 0.3) is 0 Å². The van der Waals surface area contributed by atoms with Gasteiger partial charge in [-0.3, -0.25) is 4.79 Å². The summed E-state index contributed by atoms with van der Waals surface area (Å²) in [6.07, 6.45) is -0.319. The van der Waals surface area contributed by atoms with Crippen LogP contribution in [0.1, 0.15) is 5.69 Å². The van der Waals surface area contributed by atoms with Crippen LogP contribution in [0.4, 0.5) is 8.78 Å². The number of rotatable bonds is 4. The Bertz CT molecular complexity index is 330. The van der Waals surface area contributed by atoms with Gasteiger partial charge in [0.05, 0.1) is 12.1 Å². The van der Waals surface area contributed by atoms with Crippen LogP contribution < -0.4 is 4.74 Å². The summed E-state index contributed by atoms with van der Waals surface area (Å²) in [5, 5.41) is 8.41. The van der Waals surface area contributed by atoms with E-state index in [0.717, 1.165) is 0 Å². The number of nitrogens with zero attached hydrogens (tertiary/aromatic N) is 1. The zero-order valence-corrected chi connectivity index (χ0v) is 6.98.